The Morgan fingerprint density at radius 1 is 1.16 bits per heavy atom. The van der Waals surface area contributed by atoms with Crippen LogP contribution in [0.1, 0.15) is 69.8 Å². The van der Waals surface area contributed by atoms with Crippen molar-refractivity contribution in [2.45, 2.75) is 64.2 Å². The third-order valence-corrected chi connectivity index (χ3v) is 4.56. The van der Waals surface area contributed by atoms with E-state index in [2.05, 4.69) is 6.92 Å². The maximum atomic E-state index is 13.5. The Kier molecular flexibility index (Phi) is 5.24. The van der Waals surface area contributed by atoms with Crippen molar-refractivity contribution < 1.29 is 4.39 Å². The van der Waals surface area contributed by atoms with Crippen LogP contribution in [0.25, 0.3) is 0 Å². The van der Waals surface area contributed by atoms with E-state index < -0.39 is 0 Å². The van der Waals surface area contributed by atoms with Crippen LogP contribution < -0.4 is 5.73 Å². The fourth-order valence-corrected chi connectivity index (χ4v) is 3.26. The van der Waals surface area contributed by atoms with Gasteiger partial charge in [-0.05, 0) is 55.2 Å². The van der Waals surface area contributed by atoms with Gasteiger partial charge >= 0.3 is 0 Å². The number of rotatable bonds is 5. The molecule has 0 atom stereocenters. The second-order valence-corrected chi connectivity index (χ2v) is 5.99. The number of nitrogens with two attached hydrogens (primary N) is 1. The molecule has 19 heavy (non-hydrogen) atoms. The van der Waals surface area contributed by atoms with Crippen LogP contribution in [-0.4, -0.2) is 0 Å². The molecule has 0 unspecified atom stereocenters. The Balaban J connectivity index is 1.84. The minimum absolute atomic E-state index is 0.261. The highest BCUT2D eigenvalue weighted by Gasteiger charge is 2.22. The summed E-state index contributed by atoms with van der Waals surface area (Å²) in [5.41, 5.74) is 6.93. The van der Waals surface area contributed by atoms with E-state index in [1.165, 1.54) is 51.4 Å². The van der Waals surface area contributed by atoms with Gasteiger partial charge in [0.05, 0.1) is 5.69 Å². The fraction of sp³-hybridized carbons (Fsp3) is 0.647. The van der Waals surface area contributed by atoms with Crippen molar-refractivity contribution >= 4 is 5.69 Å². The summed E-state index contributed by atoms with van der Waals surface area (Å²) in [4.78, 5) is 0. The quantitative estimate of drug-likeness (QED) is 0.569. The number of benzene rings is 1. The smallest absolute Gasteiger partial charge is 0.146 e. The molecule has 1 saturated carbocycles. The predicted molar refractivity (Wildman–Crippen MR) is 79.7 cm³/mol. The number of hydrogen-bond acceptors (Lipinski definition) is 1. The molecule has 1 aromatic rings. The van der Waals surface area contributed by atoms with E-state index in [-0.39, 0.29) is 11.5 Å². The van der Waals surface area contributed by atoms with Gasteiger partial charge in [-0.2, -0.15) is 0 Å². The summed E-state index contributed by atoms with van der Waals surface area (Å²) in [6, 6.07) is 5.34. The van der Waals surface area contributed by atoms with Crippen LogP contribution in [0.5, 0.6) is 0 Å². The molecule has 0 aromatic heterocycles. The Labute approximate surface area is 116 Å². The minimum Gasteiger partial charge on any atom is -0.396 e. The highest BCUT2D eigenvalue weighted by Crippen LogP contribution is 2.38. The van der Waals surface area contributed by atoms with Gasteiger partial charge in [-0.25, -0.2) is 4.39 Å². The minimum atomic E-state index is -0.262. The molecule has 2 rings (SSSR count). The van der Waals surface area contributed by atoms with Crippen molar-refractivity contribution in [1.29, 1.82) is 0 Å². The SMILES string of the molecule is CCCCCC1CCC(c2ccc(N)c(F)c2)CC1. The standard InChI is InChI=1S/C17H26FN/c1-2-3-4-5-13-6-8-14(9-7-13)15-10-11-17(19)16(18)12-15/h10-14H,2-9,19H2,1H3. The summed E-state index contributed by atoms with van der Waals surface area (Å²) in [5, 5.41) is 0. The van der Waals surface area contributed by atoms with Crippen molar-refractivity contribution in [3.8, 4) is 0 Å². The largest absolute Gasteiger partial charge is 0.396 e. The number of anilines is 1. The van der Waals surface area contributed by atoms with Crippen LogP contribution in [0.4, 0.5) is 10.1 Å². The summed E-state index contributed by atoms with van der Waals surface area (Å²) >= 11 is 0. The van der Waals surface area contributed by atoms with Crippen molar-refractivity contribution in [2.24, 2.45) is 5.92 Å². The average molecular weight is 263 g/mol. The molecule has 106 valence electrons. The van der Waals surface area contributed by atoms with Crippen LogP contribution in [0.15, 0.2) is 18.2 Å². The first kappa shape index (κ1) is 14.4. The number of hydrogen-bond donors (Lipinski definition) is 1. The number of unbranched alkanes of at least 4 members (excludes halogenated alkanes) is 2. The first-order valence-electron chi connectivity index (χ1n) is 7.75. The van der Waals surface area contributed by atoms with Crippen LogP contribution in [0.2, 0.25) is 0 Å². The maximum absolute atomic E-state index is 13.5. The van der Waals surface area contributed by atoms with Crippen LogP contribution in [0.3, 0.4) is 0 Å². The summed E-state index contributed by atoms with van der Waals surface area (Å²) < 4.78 is 13.5. The van der Waals surface area contributed by atoms with Gasteiger partial charge in [-0.1, -0.05) is 38.7 Å². The maximum Gasteiger partial charge on any atom is 0.146 e. The van der Waals surface area contributed by atoms with E-state index in [4.69, 9.17) is 5.73 Å². The molecule has 0 aliphatic heterocycles. The third-order valence-electron chi connectivity index (χ3n) is 4.56. The molecule has 0 radical (unpaired) electrons. The summed E-state index contributed by atoms with van der Waals surface area (Å²) in [7, 11) is 0. The molecule has 0 heterocycles. The molecule has 2 N–H and O–H groups in total. The van der Waals surface area contributed by atoms with E-state index in [9.17, 15) is 4.39 Å². The zero-order valence-electron chi connectivity index (χ0n) is 12.0. The lowest BCUT2D eigenvalue weighted by atomic mass is 9.77. The molecule has 2 heteroatoms. The normalized spacial score (nSPS) is 23.5. The first-order chi connectivity index (χ1) is 9.20. The zero-order chi connectivity index (χ0) is 13.7. The Morgan fingerprint density at radius 3 is 2.53 bits per heavy atom. The molecule has 1 nitrogen and oxygen atoms in total. The van der Waals surface area contributed by atoms with Gasteiger partial charge in [0.2, 0.25) is 0 Å². The molecule has 1 aromatic carbocycles. The Morgan fingerprint density at radius 2 is 1.89 bits per heavy atom. The van der Waals surface area contributed by atoms with Crippen LogP contribution >= 0.6 is 0 Å². The average Bonchev–Trinajstić information content (AvgIpc) is 2.43. The van der Waals surface area contributed by atoms with E-state index >= 15 is 0 Å². The van der Waals surface area contributed by atoms with Crippen molar-refractivity contribution in [3.63, 3.8) is 0 Å². The van der Waals surface area contributed by atoms with Crippen molar-refractivity contribution in [2.75, 3.05) is 5.73 Å². The lowest BCUT2D eigenvalue weighted by Gasteiger charge is -2.29. The lowest BCUT2D eigenvalue weighted by Crippen LogP contribution is -2.13. The molecule has 0 bridgehead atoms. The van der Waals surface area contributed by atoms with E-state index in [1.54, 1.807) is 12.1 Å². The molecule has 1 aliphatic rings. The molecule has 1 fully saturated rings. The third kappa shape index (κ3) is 3.95. The highest BCUT2D eigenvalue weighted by molar-refractivity contribution is 5.42. The first-order valence-corrected chi connectivity index (χ1v) is 7.75. The van der Waals surface area contributed by atoms with Gasteiger partial charge < -0.3 is 5.73 Å². The van der Waals surface area contributed by atoms with Gasteiger partial charge in [0.1, 0.15) is 5.82 Å². The molecular weight excluding hydrogens is 237 g/mol. The summed E-state index contributed by atoms with van der Waals surface area (Å²) in [5.74, 6) is 1.18. The summed E-state index contributed by atoms with van der Waals surface area (Å²) in [6.45, 7) is 2.26. The molecule has 0 saturated heterocycles. The Hall–Kier alpha value is -1.05. The van der Waals surface area contributed by atoms with Gasteiger partial charge in [0, 0.05) is 0 Å². The molecular formula is C17H26FN. The topological polar surface area (TPSA) is 26.0 Å². The van der Waals surface area contributed by atoms with Crippen molar-refractivity contribution in [3.05, 3.63) is 29.6 Å². The highest BCUT2D eigenvalue weighted by atomic mass is 19.1. The van der Waals surface area contributed by atoms with Gasteiger partial charge in [-0.15, -0.1) is 0 Å². The van der Waals surface area contributed by atoms with Gasteiger partial charge in [0.15, 0.2) is 0 Å². The molecule has 0 spiro atoms. The summed E-state index contributed by atoms with van der Waals surface area (Å²) in [6.07, 6.45) is 10.5. The predicted octanol–water partition coefficient (Wildman–Crippen LogP) is 5.26. The fourth-order valence-electron chi connectivity index (χ4n) is 3.26. The van der Waals surface area contributed by atoms with Gasteiger partial charge in [0.25, 0.3) is 0 Å². The second-order valence-electron chi connectivity index (χ2n) is 5.99. The molecule has 0 amide bonds. The number of halogens is 1. The number of nitrogen functional groups attached to an aromatic ring is 1. The lowest BCUT2D eigenvalue weighted by molar-refractivity contribution is 0.302. The second kappa shape index (κ2) is 6.93. The van der Waals surface area contributed by atoms with E-state index in [0.29, 0.717) is 5.92 Å². The zero-order valence-corrected chi connectivity index (χ0v) is 12.0. The van der Waals surface area contributed by atoms with Gasteiger partial charge in [-0.3, -0.25) is 0 Å². The Bertz CT molecular complexity index is 394. The monoisotopic (exact) mass is 263 g/mol. The van der Waals surface area contributed by atoms with Crippen LogP contribution in [-0.2, 0) is 0 Å². The van der Waals surface area contributed by atoms with E-state index in [1.807, 2.05) is 6.07 Å². The van der Waals surface area contributed by atoms with E-state index in [0.717, 1.165) is 11.5 Å². The van der Waals surface area contributed by atoms with Crippen LogP contribution in [0, 0.1) is 11.7 Å². The van der Waals surface area contributed by atoms with Crippen molar-refractivity contribution in [1.82, 2.24) is 0 Å². The molecule has 1 aliphatic carbocycles.